The summed E-state index contributed by atoms with van der Waals surface area (Å²) in [5.41, 5.74) is 0.374. The van der Waals surface area contributed by atoms with Gasteiger partial charge in [0.05, 0.1) is 24.8 Å². The molecule has 0 radical (unpaired) electrons. The minimum atomic E-state index is -4.74. The molecule has 0 unspecified atom stereocenters. The van der Waals surface area contributed by atoms with Gasteiger partial charge in [-0.3, -0.25) is 14.4 Å². The molecule has 0 bridgehead atoms. The first-order valence-electron chi connectivity index (χ1n) is 7.66. The summed E-state index contributed by atoms with van der Waals surface area (Å²) in [5, 5.41) is 11.2. The number of nitrogens with zero attached hydrogens (tertiary/aromatic N) is 1. The van der Waals surface area contributed by atoms with Crippen LogP contribution in [0.4, 0.5) is 17.6 Å². The predicted molar refractivity (Wildman–Crippen MR) is 80.4 cm³/mol. The zero-order valence-electron chi connectivity index (χ0n) is 13.4. The Bertz CT molecular complexity index is 708. The van der Waals surface area contributed by atoms with Gasteiger partial charge in [0, 0.05) is 13.1 Å². The molecule has 1 saturated heterocycles. The molecule has 6 nitrogen and oxygen atoms in total. The molecule has 1 aromatic carbocycles. The number of carbonyl (C=O) groups excluding carboxylic acids is 2. The van der Waals surface area contributed by atoms with E-state index in [1.807, 2.05) is 0 Å². The average molecular weight is 376 g/mol. The minimum absolute atomic E-state index is 0.200. The van der Waals surface area contributed by atoms with Crippen molar-refractivity contribution in [3.8, 4) is 0 Å². The maximum absolute atomic E-state index is 13.0. The first-order valence-corrected chi connectivity index (χ1v) is 7.66. The molecule has 2 atom stereocenters. The van der Waals surface area contributed by atoms with Crippen LogP contribution < -0.4 is 5.32 Å². The van der Waals surface area contributed by atoms with Crippen LogP contribution in [0.3, 0.4) is 0 Å². The summed E-state index contributed by atoms with van der Waals surface area (Å²) in [7, 11) is 0. The van der Waals surface area contributed by atoms with Crippen molar-refractivity contribution >= 4 is 17.8 Å². The lowest BCUT2D eigenvalue weighted by Crippen LogP contribution is -2.40. The van der Waals surface area contributed by atoms with Crippen LogP contribution in [0.25, 0.3) is 0 Å². The Morgan fingerprint density at radius 3 is 2.46 bits per heavy atom. The minimum Gasteiger partial charge on any atom is -0.481 e. The van der Waals surface area contributed by atoms with Gasteiger partial charge in [-0.05, 0) is 17.7 Å². The molecule has 0 aliphatic carbocycles. The molecule has 142 valence electrons. The molecule has 10 heteroatoms. The number of benzene rings is 1. The lowest BCUT2D eigenvalue weighted by Gasteiger charge is -2.18. The fourth-order valence-corrected chi connectivity index (χ4v) is 2.77. The molecule has 1 aliphatic rings. The molecule has 0 spiro atoms. The van der Waals surface area contributed by atoms with Crippen LogP contribution in [-0.2, 0) is 20.8 Å². The second-order valence-electron chi connectivity index (χ2n) is 5.97. The van der Waals surface area contributed by atoms with Crippen LogP contribution in [-0.4, -0.2) is 53.6 Å². The first-order chi connectivity index (χ1) is 12.1. The second-order valence-corrected chi connectivity index (χ2v) is 5.97. The number of carboxylic acids is 1. The highest BCUT2D eigenvalue weighted by Gasteiger charge is 2.53. The van der Waals surface area contributed by atoms with E-state index in [0.29, 0.717) is 5.56 Å². The van der Waals surface area contributed by atoms with Gasteiger partial charge in [-0.1, -0.05) is 12.1 Å². The fourth-order valence-electron chi connectivity index (χ4n) is 2.77. The van der Waals surface area contributed by atoms with E-state index in [1.54, 1.807) is 0 Å². The maximum atomic E-state index is 13.0. The summed E-state index contributed by atoms with van der Waals surface area (Å²) in [4.78, 5) is 35.5. The summed E-state index contributed by atoms with van der Waals surface area (Å²) in [6.45, 7) is -1.90. The number of aliphatic carboxylic acids is 1. The Kier molecular flexibility index (Phi) is 5.83. The molecule has 1 aromatic rings. The molecule has 26 heavy (non-hydrogen) atoms. The van der Waals surface area contributed by atoms with Gasteiger partial charge in [-0.25, -0.2) is 4.39 Å². The molecular formula is C16H16F4N2O4. The van der Waals surface area contributed by atoms with E-state index < -0.39 is 61.2 Å². The third-order valence-electron chi connectivity index (χ3n) is 4.10. The van der Waals surface area contributed by atoms with E-state index >= 15 is 0 Å². The van der Waals surface area contributed by atoms with Crippen molar-refractivity contribution in [1.82, 2.24) is 10.2 Å². The third-order valence-corrected chi connectivity index (χ3v) is 4.10. The smallest absolute Gasteiger partial charge is 0.394 e. The zero-order valence-corrected chi connectivity index (χ0v) is 13.4. The topological polar surface area (TPSA) is 86.7 Å². The number of hydrogen-bond donors (Lipinski definition) is 2. The van der Waals surface area contributed by atoms with E-state index in [9.17, 15) is 31.9 Å². The Balaban J connectivity index is 1.89. The van der Waals surface area contributed by atoms with E-state index in [-0.39, 0.29) is 6.42 Å². The number of nitrogens with one attached hydrogen (secondary N) is 1. The highest BCUT2D eigenvalue weighted by atomic mass is 19.4. The Labute approximate surface area is 145 Å². The van der Waals surface area contributed by atoms with Crippen LogP contribution in [0.2, 0.25) is 0 Å². The quantitative estimate of drug-likeness (QED) is 0.757. The van der Waals surface area contributed by atoms with Gasteiger partial charge in [0.2, 0.25) is 11.8 Å². The number of hydrogen-bond acceptors (Lipinski definition) is 3. The van der Waals surface area contributed by atoms with Gasteiger partial charge < -0.3 is 15.3 Å². The van der Waals surface area contributed by atoms with Crippen molar-refractivity contribution in [1.29, 1.82) is 0 Å². The van der Waals surface area contributed by atoms with Crippen molar-refractivity contribution in [2.24, 2.45) is 11.8 Å². The molecule has 0 aromatic heterocycles. The monoisotopic (exact) mass is 376 g/mol. The van der Waals surface area contributed by atoms with Crippen LogP contribution in [0.1, 0.15) is 5.56 Å². The molecule has 1 fully saturated rings. The Morgan fingerprint density at radius 1 is 1.23 bits per heavy atom. The van der Waals surface area contributed by atoms with Gasteiger partial charge in [0.25, 0.3) is 0 Å². The van der Waals surface area contributed by atoms with Gasteiger partial charge in [0.1, 0.15) is 5.82 Å². The molecular weight excluding hydrogens is 360 g/mol. The van der Waals surface area contributed by atoms with Crippen molar-refractivity contribution in [2.75, 3.05) is 19.6 Å². The lowest BCUT2D eigenvalue weighted by atomic mass is 9.96. The second kappa shape index (κ2) is 7.71. The Hall–Kier alpha value is -2.65. The van der Waals surface area contributed by atoms with E-state index in [0.717, 1.165) is 11.0 Å². The highest BCUT2D eigenvalue weighted by Crippen LogP contribution is 2.37. The van der Waals surface area contributed by atoms with Crippen LogP contribution in [0.15, 0.2) is 24.3 Å². The summed E-state index contributed by atoms with van der Waals surface area (Å²) in [6.07, 6.45) is -4.94. The predicted octanol–water partition coefficient (Wildman–Crippen LogP) is 1.21. The van der Waals surface area contributed by atoms with Crippen LogP contribution in [0.5, 0.6) is 0 Å². The van der Waals surface area contributed by atoms with Crippen molar-refractivity contribution < 1.29 is 37.1 Å². The third kappa shape index (κ3) is 4.93. The van der Waals surface area contributed by atoms with E-state index in [2.05, 4.69) is 5.32 Å². The SMILES string of the molecule is O=C(Cc1cccc(F)c1)NCC(=O)N1C[C@@H](C(F)(F)F)[C@H](C(=O)O)C1. The number of likely N-dealkylation sites (tertiary alicyclic amines) is 1. The fraction of sp³-hybridized carbons (Fsp3) is 0.438. The number of carbonyl (C=O) groups is 3. The summed E-state index contributed by atoms with van der Waals surface area (Å²) in [5.74, 6) is -7.45. The summed E-state index contributed by atoms with van der Waals surface area (Å²) < 4.78 is 51.7. The van der Waals surface area contributed by atoms with E-state index in [1.165, 1.54) is 18.2 Å². The number of amides is 2. The van der Waals surface area contributed by atoms with Crippen molar-refractivity contribution in [3.05, 3.63) is 35.6 Å². The largest absolute Gasteiger partial charge is 0.481 e. The first kappa shape index (κ1) is 19.7. The molecule has 2 amide bonds. The highest BCUT2D eigenvalue weighted by molar-refractivity contribution is 5.86. The lowest BCUT2D eigenvalue weighted by molar-refractivity contribution is -0.188. The van der Waals surface area contributed by atoms with Crippen molar-refractivity contribution in [2.45, 2.75) is 12.6 Å². The molecule has 0 saturated carbocycles. The summed E-state index contributed by atoms with van der Waals surface area (Å²) >= 11 is 0. The van der Waals surface area contributed by atoms with Crippen molar-refractivity contribution in [3.63, 3.8) is 0 Å². The van der Waals surface area contributed by atoms with E-state index in [4.69, 9.17) is 5.11 Å². The molecule has 1 heterocycles. The number of alkyl halides is 3. The molecule has 1 aliphatic heterocycles. The Morgan fingerprint density at radius 2 is 1.92 bits per heavy atom. The normalized spacial score (nSPS) is 20.1. The van der Waals surface area contributed by atoms with Crippen LogP contribution in [0, 0.1) is 17.7 Å². The molecule has 2 rings (SSSR count). The standard InChI is InChI=1S/C16H16F4N2O4/c17-10-3-1-2-9(4-10)5-13(23)21-6-14(24)22-7-11(15(25)26)12(8-22)16(18,19)20/h1-4,11-12H,5-8H2,(H,21,23)(H,25,26)/t11-,12-/m1/s1. The zero-order chi connectivity index (χ0) is 19.5. The number of halogens is 4. The van der Waals surface area contributed by atoms with Crippen LogP contribution >= 0.6 is 0 Å². The molecule has 2 N–H and O–H groups in total. The van der Waals surface area contributed by atoms with Gasteiger partial charge in [-0.15, -0.1) is 0 Å². The number of rotatable bonds is 5. The maximum Gasteiger partial charge on any atom is 0.394 e. The van der Waals surface area contributed by atoms with Gasteiger partial charge in [0.15, 0.2) is 0 Å². The summed E-state index contributed by atoms with van der Waals surface area (Å²) in [6, 6.07) is 5.27. The van der Waals surface area contributed by atoms with Gasteiger partial charge >= 0.3 is 12.1 Å². The van der Waals surface area contributed by atoms with Gasteiger partial charge in [-0.2, -0.15) is 13.2 Å². The number of carboxylic acid groups (broad SMARTS) is 1. The average Bonchev–Trinajstić information content (AvgIpc) is 2.98.